The van der Waals surface area contributed by atoms with Crippen LogP contribution >= 0.6 is 0 Å². The van der Waals surface area contributed by atoms with Crippen LogP contribution < -0.4 is 11.1 Å². The molecule has 0 aromatic heterocycles. The first-order chi connectivity index (χ1) is 11.0. The first-order valence-corrected chi connectivity index (χ1v) is 9.30. The number of hydrogen-bond acceptors (Lipinski definition) is 4. The molecule has 2 atom stereocenters. The van der Waals surface area contributed by atoms with Crippen molar-refractivity contribution in [2.24, 2.45) is 23.5 Å². The van der Waals surface area contributed by atoms with Gasteiger partial charge in [-0.15, -0.1) is 0 Å². The van der Waals surface area contributed by atoms with Crippen molar-refractivity contribution in [2.75, 3.05) is 33.9 Å². The summed E-state index contributed by atoms with van der Waals surface area (Å²) in [6, 6.07) is 0.330. The van der Waals surface area contributed by atoms with Crippen molar-refractivity contribution in [3.8, 4) is 0 Å². The van der Waals surface area contributed by atoms with E-state index >= 15 is 0 Å². The molecule has 1 heterocycles. The molecule has 0 aromatic carbocycles. The van der Waals surface area contributed by atoms with Gasteiger partial charge < -0.3 is 20.7 Å². The number of likely N-dealkylation sites (N-methyl/N-ethyl adjacent to an activating group) is 1. The fourth-order valence-electron chi connectivity index (χ4n) is 4.93. The molecule has 3 fully saturated rings. The number of carbonyl (C=O) groups excluding carboxylic acids is 1. The van der Waals surface area contributed by atoms with Crippen molar-refractivity contribution in [3.05, 3.63) is 0 Å². The molecule has 0 spiro atoms. The highest BCUT2D eigenvalue weighted by atomic mass is 16.5. The van der Waals surface area contributed by atoms with Gasteiger partial charge in [-0.3, -0.25) is 4.79 Å². The second kappa shape index (κ2) is 7.08. The molecule has 23 heavy (non-hydrogen) atoms. The zero-order valence-electron chi connectivity index (χ0n) is 14.7. The van der Waals surface area contributed by atoms with Gasteiger partial charge in [-0.25, -0.2) is 0 Å². The highest BCUT2D eigenvalue weighted by molar-refractivity contribution is 5.79. The highest BCUT2D eigenvalue weighted by Crippen LogP contribution is 2.42. The lowest BCUT2D eigenvalue weighted by Gasteiger charge is -2.45. The van der Waals surface area contributed by atoms with Crippen molar-refractivity contribution in [3.63, 3.8) is 0 Å². The van der Waals surface area contributed by atoms with E-state index in [1.807, 2.05) is 0 Å². The van der Waals surface area contributed by atoms with Gasteiger partial charge in [0.1, 0.15) is 0 Å². The fraction of sp³-hybridized carbons (Fsp3) is 0.944. The standard InChI is InChI=1S/C18H33N3O2/c1-21(2)18(6-8-23-9-7-18)12-20-17(22)15-10-13-4-3-5-14(11-15)16(13)19/h13-16H,3-12,19H2,1-2H3,(H,20,22). The molecule has 1 aliphatic heterocycles. The lowest BCUT2D eigenvalue weighted by atomic mass is 9.65. The van der Waals surface area contributed by atoms with Crippen molar-refractivity contribution < 1.29 is 9.53 Å². The number of hydrogen-bond donors (Lipinski definition) is 2. The fourth-order valence-corrected chi connectivity index (χ4v) is 4.93. The summed E-state index contributed by atoms with van der Waals surface area (Å²) >= 11 is 0. The molecule has 132 valence electrons. The number of nitrogens with two attached hydrogens (primary N) is 1. The molecule has 3 N–H and O–H groups in total. The van der Waals surface area contributed by atoms with Gasteiger partial charge in [0.25, 0.3) is 0 Å². The van der Waals surface area contributed by atoms with E-state index in [0.29, 0.717) is 17.9 Å². The van der Waals surface area contributed by atoms with E-state index in [2.05, 4.69) is 24.3 Å². The Morgan fingerprint density at radius 2 is 1.83 bits per heavy atom. The zero-order valence-corrected chi connectivity index (χ0v) is 14.7. The Bertz CT molecular complexity index is 406. The van der Waals surface area contributed by atoms with Crippen LogP contribution in [0.5, 0.6) is 0 Å². The Morgan fingerprint density at radius 1 is 1.22 bits per heavy atom. The van der Waals surface area contributed by atoms with Gasteiger partial charge in [0, 0.05) is 37.3 Å². The summed E-state index contributed by atoms with van der Waals surface area (Å²) in [5, 5.41) is 3.27. The molecule has 2 aliphatic carbocycles. The Hall–Kier alpha value is -0.650. The summed E-state index contributed by atoms with van der Waals surface area (Å²) in [6.45, 7) is 2.31. The predicted molar refractivity (Wildman–Crippen MR) is 91.0 cm³/mol. The van der Waals surface area contributed by atoms with E-state index in [0.717, 1.165) is 45.4 Å². The third kappa shape index (κ3) is 3.57. The number of ether oxygens (including phenoxy) is 1. The monoisotopic (exact) mass is 323 g/mol. The quantitative estimate of drug-likeness (QED) is 0.820. The number of nitrogens with zero attached hydrogens (tertiary/aromatic N) is 1. The number of nitrogens with one attached hydrogen (secondary N) is 1. The van der Waals surface area contributed by atoms with Gasteiger partial charge in [0.05, 0.1) is 0 Å². The Labute approximate surface area is 140 Å². The number of rotatable bonds is 4. The van der Waals surface area contributed by atoms with Crippen molar-refractivity contribution in [1.29, 1.82) is 0 Å². The average Bonchev–Trinajstić information content (AvgIpc) is 2.53. The van der Waals surface area contributed by atoms with Crippen LogP contribution in [0.25, 0.3) is 0 Å². The maximum absolute atomic E-state index is 12.7. The summed E-state index contributed by atoms with van der Waals surface area (Å²) in [5.41, 5.74) is 6.40. The molecule has 0 radical (unpaired) electrons. The van der Waals surface area contributed by atoms with Gasteiger partial charge in [0.15, 0.2) is 0 Å². The van der Waals surface area contributed by atoms with Crippen molar-refractivity contribution in [1.82, 2.24) is 10.2 Å². The average molecular weight is 323 g/mol. The lowest BCUT2D eigenvalue weighted by molar-refractivity contribution is -0.129. The van der Waals surface area contributed by atoms with Crippen molar-refractivity contribution in [2.45, 2.75) is 56.5 Å². The molecule has 2 bridgehead atoms. The van der Waals surface area contributed by atoms with E-state index in [1.165, 1.54) is 19.3 Å². The molecule has 2 saturated carbocycles. The van der Waals surface area contributed by atoms with Crippen LogP contribution in [0.3, 0.4) is 0 Å². The SMILES string of the molecule is CN(C)C1(CNC(=O)C2CC3CCCC(C2)C3N)CCOCC1. The second-order valence-corrected chi connectivity index (χ2v) is 8.15. The van der Waals surface area contributed by atoms with E-state index < -0.39 is 0 Å². The maximum atomic E-state index is 12.7. The van der Waals surface area contributed by atoms with Gasteiger partial charge in [-0.05, 0) is 64.5 Å². The molecule has 2 unspecified atom stereocenters. The summed E-state index contributed by atoms with van der Waals surface area (Å²) < 4.78 is 5.51. The summed E-state index contributed by atoms with van der Waals surface area (Å²) in [6.07, 6.45) is 7.66. The molecule has 1 saturated heterocycles. The molecule has 1 amide bonds. The summed E-state index contributed by atoms with van der Waals surface area (Å²) in [7, 11) is 4.23. The smallest absolute Gasteiger partial charge is 0.223 e. The maximum Gasteiger partial charge on any atom is 0.223 e. The van der Waals surface area contributed by atoms with Crippen LogP contribution in [0, 0.1) is 17.8 Å². The minimum Gasteiger partial charge on any atom is -0.381 e. The van der Waals surface area contributed by atoms with Gasteiger partial charge in [-0.2, -0.15) is 0 Å². The first-order valence-electron chi connectivity index (χ1n) is 9.30. The normalized spacial score (nSPS) is 36.7. The molecular weight excluding hydrogens is 290 g/mol. The van der Waals surface area contributed by atoms with Crippen LogP contribution in [-0.4, -0.2) is 56.2 Å². The topological polar surface area (TPSA) is 67.6 Å². The van der Waals surface area contributed by atoms with Gasteiger partial charge >= 0.3 is 0 Å². The van der Waals surface area contributed by atoms with E-state index in [-0.39, 0.29) is 17.4 Å². The highest BCUT2D eigenvalue weighted by Gasteiger charge is 2.41. The summed E-state index contributed by atoms with van der Waals surface area (Å²) in [4.78, 5) is 15.0. The minimum absolute atomic E-state index is 0.0504. The number of carbonyl (C=O) groups is 1. The van der Waals surface area contributed by atoms with Gasteiger partial charge in [-0.1, -0.05) is 6.42 Å². The number of amides is 1. The molecule has 3 aliphatic rings. The minimum atomic E-state index is 0.0504. The summed E-state index contributed by atoms with van der Waals surface area (Å²) in [5.74, 6) is 1.54. The molecule has 0 aromatic rings. The first kappa shape index (κ1) is 17.2. The van der Waals surface area contributed by atoms with E-state index in [9.17, 15) is 4.79 Å². The van der Waals surface area contributed by atoms with Crippen LogP contribution in [0.1, 0.15) is 44.9 Å². The second-order valence-electron chi connectivity index (χ2n) is 8.15. The Morgan fingerprint density at radius 3 is 2.39 bits per heavy atom. The molecular formula is C18H33N3O2. The van der Waals surface area contributed by atoms with Crippen LogP contribution in [-0.2, 0) is 9.53 Å². The Balaban J connectivity index is 1.56. The Kier molecular flexibility index (Phi) is 5.29. The van der Waals surface area contributed by atoms with Crippen LogP contribution in [0.2, 0.25) is 0 Å². The van der Waals surface area contributed by atoms with Crippen molar-refractivity contribution >= 4 is 5.91 Å². The lowest BCUT2D eigenvalue weighted by Crippen LogP contribution is -2.57. The van der Waals surface area contributed by atoms with E-state index in [1.54, 1.807) is 0 Å². The molecule has 5 heteroatoms. The molecule has 3 rings (SSSR count). The third-order valence-electron chi connectivity index (χ3n) is 6.75. The van der Waals surface area contributed by atoms with Gasteiger partial charge in [0.2, 0.25) is 5.91 Å². The van der Waals surface area contributed by atoms with E-state index in [4.69, 9.17) is 10.5 Å². The third-order valence-corrected chi connectivity index (χ3v) is 6.75. The number of fused-ring (bicyclic) bond motifs is 2. The largest absolute Gasteiger partial charge is 0.381 e. The predicted octanol–water partition coefficient (Wildman–Crippen LogP) is 1.37. The zero-order chi connectivity index (χ0) is 16.4. The van der Waals surface area contributed by atoms with Crippen LogP contribution in [0.4, 0.5) is 0 Å². The van der Waals surface area contributed by atoms with Crippen LogP contribution in [0.15, 0.2) is 0 Å². The molecule has 5 nitrogen and oxygen atoms in total.